The first-order chi connectivity index (χ1) is 8.39. The molecule has 0 N–H and O–H groups in total. The highest BCUT2D eigenvalue weighted by molar-refractivity contribution is 6.61. The Labute approximate surface area is 106 Å². The van der Waals surface area contributed by atoms with E-state index in [0.717, 1.165) is 11.0 Å². The summed E-state index contributed by atoms with van der Waals surface area (Å²) in [5, 5.41) is 0.982. The van der Waals surface area contributed by atoms with Crippen molar-refractivity contribution in [2.24, 2.45) is 0 Å². The van der Waals surface area contributed by atoms with Gasteiger partial charge in [0.2, 0.25) is 5.71 Å². The van der Waals surface area contributed by atoms with Gasteiger partial charge in [0.15, 0.2) is 0 Å². The smallest absolute Gasteiger partial charge is 0.446 e. The Balaban J connectivity index is 1.96. The van der Waals surface area contributed by atoms with Gasteiger partial charge in [-0.05, 0) is 45.9 Å². The normalized spacial score (nSPS) is 21.7. The number of nitrogens with zero attached hydrogens (tertiary/aromatic N) is 1. The maximum Gasteiger partial charge on any atom is 0.514 e. The first-order valence-corrected chi connectivity index (χ1v) is 6.09. The van der Waals surface area contributed by atoms with E-state index < -0.39 is 7.12 Å². The molecule has 0 amide bonds. The summed E-state index contributed by atoms with van der Waals surface area (Å²) in [5.74, 6) is 0. The van der Waals surface area contributed by atoms with E-state index in [0.29, 0.717) is 5.71 Å². The van der Waals surface area contributed by atoms with Crippen molar-refractivity contribution in [2.45, 2.75) is 38.9 Å². The Morgan fingerprint density at radius 1 is 1.00 bits per heavy atom. The summed E-state index contributed by atoms with van der Waals surface area (Å²) in [6.07, 6.45) is 1.63. The Morgan fingerprint density at radius 3 is 2.33 bits per heavy atom. The summed E-state index contributed by atoms with van der Waals surface area (Å²) in [6.45, 7) is 8.10. The third-order valence-electron chi connectivity index (χ3n) is 3.83. The zero-order valence-corrected chi connectivity index (χ0v) is 11.1. The van der Waals surface area contributed by atoms with E-state index in [2.05, 4.69) is 4.98 Å². The Morgan fingerprint density at radius 2 is 1.67 bits per heavy atom. The molecular weight excluding hydrogens is 229 g/mol. The number of hydrogen-bond acceptors (Lipinski definition) is 4. The molecule has 5 heteroatoms. The van der Waals surface area contributed by atoms with Gasteiger partial charge in [-0.1, -0.05) is 0 Å². The van der Waals surface area contributed by atoms with Crippen molar-refractivity contribution in [3.05, 3.63) is 24.5 Å². The van der Waals surface area contributed by atoms with E-state index in [9.17, 15) is 0 Å². The first kappa shape index (κ1) is 11.7. The SMILES string of the molecule is CC1(C)OB(c2ccc3ccoc3n2)OC1(C)C. The molecule has 1 aliphatic heterocycles. The average Bonchev–Trinajstić information content (AvgIpc) is 2.80. The van der Waals surface area contributed by atoms with E-state index in [4.69, 9.17) is 13.7 Å². The molecular formula is C13H16BNO3. The van der Waals surface area contributed by atoms with Crippen molar-refractivity contribution >= 4 is 23.8 Å². The predicted octanol–water partition coefficient (Wildman–Crippen LogP) is 2.13. The minimum absolute atomic E-state index is 0.350. The number of hydrogen-bond donors (Lipinski definition) is 0. The molecule has 0 aliphatic carbocycles. The van der Waals surface area contributed by atoms with Crippen LogP contribution in [0.3, 0.4) is 0 Å². The van der Waals surface area contributed by atoms with Gasteiger partial charge in [-0.15, -0.1) is 0 Å². The lowest BCUT2D eigenvalue weighted by atomic mass is 9.84. The van der Waals surface area contributed by atoms with Crippen LogP contribution in [-0.4, -0.2) is 23.3 Å². The minimum Gasteiger partial charge on any atom is -0.446 e. The van der Waals surface area contributed by atoms with Crippen LogP contribution in [0.25, 0.3) is 11.1 Å². The molecule has 0 unspecified atom stereocenters. The van der Waals surface area contributed by atoms with Crippen LogP contribution in [-0.2, 0) is 9.31 Å². The largest absolute Gasteiger partial charge is 0.514 e. The molecule has 4 nitrogen and oxygen atoms in total. The van der Waals surface area contributed by atoms with Gasteiger partial charge in [0.1, 0.15) is 0 Å². The highest BCUT2D eigenvalue weighted by atomic mass is 16.7. The predicted molar refractivity (Wildman–Crippen MR) is 69.7 cm³/mol. The van der Waals surface area contributed by atoms with Crippen molar-refractivity contribution in [1.29, 1.82) is 0 Å². The van der Waals surface area contributed by atoms with Gasteiger partial charge in [0, 0.05) is 5.39 Å². The molecule has 0 radical (unpaired) electrons. The molecule has 0 aromatic carbocycles. The molecule has 0 bridgehead atoms. The van der Waals surface area contributed by atoms with Crippen molar-refractivity contribution in [3.8, 4) is 0 Å². The fourth-order valence-corrected chi connectivity index (χ4v) is 1.95. The Hall–Kier alpha value is -1.33. The third kappa shape index (κ3) is 1.66. The van der Waals surface area contributed by atoms with Crippen LogP contribution in [0.15, 0.2) is 28.9 Å². The lowest BCUT2D eigenvalue weighted by molar-refractivity contribution is 0.00578. The summed E-state index contributed by atoms with van der Waals surface area (Å²) in [4.78, 5) is 4.43. The fraction of sp³-hybridized carbons (Fsp3) is 0.462. The number of pyridine rings is 1. The molecule has 2 aromatic rings. The molecule has 1 saturated heterocycles. The summed E-state index contributed by atoms with van der Waals surface area (Å²) in [7, 11) is -0.440. The van der Waals surface area contributed by atoms with Crippen LogP contribution < -0.4 is 5.59 Å². The van der Waals surface area contributed by atoms with Gasteiger partial charge in [-0.3, -0.25) is 0 Å². The molecule has 18 heavy (non-hydrogen) atoms. The molecule has 1 fully saturated rings. The molecule has 1 aliphatic rings. The van der Waals surface area contributed by atoms with E-state index in [1.807, 2.05) is 45.9 Å². The second-order valence-electron chi connectivity index (χ2n) is 5.64. The average molecular weight is 245 g/mol. The number of aromatic nitrogens is 1. The van der Waals surface area contributed by atoms with E-state index in [1.165, 1.54) is 0 Å². The maximum atomic E-state index is 5.95. The molecule has 94 valence electrons. The van der Waals surface area contributed by atoms with Gasteiger partial charge in [-0.2, -0.15) is 0 Å². The second-order valence-corrected chi connectivity index (χ2v) is 5.64. The summed E-state index contributed by atoms with van der Waals surface area (Å²) in [5.41, 5.74) is 0.660. The molecule has 0 atom stereocenters. The van der Waals surface area contributed by atoms with Crippen LogP contribution in [0.5, 0.6) is 0 Å². The minimum atomic E-state index is -0.440. The number of fused-ring (bicyclic) bond motifs is 1. The first-order valence-electron chi connectivity index (χ1n) is 6.09. The maximum absolute atomic E-state index is 5.95. The summed E-state index contributed by atoms with van der Waals surface area (Å²) >= 11 is 0. The standard InChI is InChI=1S/C13H16BNO3/c1-12(2)13(3,4)18-14(17-12)10-6-5-9-7-8-16-11(9)15-10/h5-8H,1-4H3. The topological polar surface area (TPSA) is 44.5 Å². The lowest BCUT2D eigenvalue weighted by Crippen LogP contribution is -2.41. The van der Waals surface area contributed by atoms with E-state index in [1.54, 1.807) is 6.26 Å². The molecule has 3 rings (SSSR count). The summed E-state index contributed by atoms with van der Waals surface area (Å²) < 4.78 is 17.2. The zero-order chi connectivity index (χ0) is 13.0. The van der Waals surface area contributed by atoms with Crippen LogP contribution in [0.2, 0.25) is 0 Å². The van der Waals surface area contributed by atoms with Crippen LogP contribution in [0.4, 0.5) is 0 Å². The van der Waals surface area contributed by atoms with Gasteiger partial charge < -0.3 is 13.7 Å². The molecule has 2 aromatic heterocycles. The van der Waals surface area contributed by atoms with Crippen LogP contribution in [0, 0.1) is 0 Å². The van der Waals surface area contributed by atoms with Crippen molar-refractivity contribution in [1.82, 2.24) is 4.98 Å². The van der Waals surface area contributed by atoms with E-state index >= 15 is 0 Å². The monoisotopic (exact) mass is 245 g/mol. The lowest BCUT2D eigenvalue weighted by Gasteiger charge is -2.32. The van der Waals surface area contributed by atoms with Crippen molar-refractivity contribution < 1.29 is 13.7 Å². The van der Waals surface area contributed by atoms with E-state index in [-0.39, 0.29) is 11.2 Å². The number of furan rings is 1. The molecule has 3 heterocycles. The quantitative estimate of drug-likeness (QED) is 0.722. The Kier molecular flexibility index (Phi) is 2.34. The van der Waals surface area contributed by atoms with Gasteiger partial charge >= 0.3 is 7.12 Å². The number of rotatable bonds is 1. The van der Waals surface area contributed by atoms with Gasteiger partial charge in [0.25, 0.3) is 0 Å². The van der Waals surface area contributed by atoms with Crippen LogP contribution >= 0.6 is 0 Å². The highest BCUT2D eigenvalue weighted by Crippen LogP contribution is 2.36. The zero-order valence-electron chi connectivity index (χ0n) is 11.1. The third-order valence-corrected chi connectivity index (χ3v) is 3.83. The molecule has 0 saturated carbocycles. The Bertz CT molecular complexity index is 575. The van der Waals surface area contributed by atoms with Crippen LogP contribution in [0.1, 0.15) is 27.7 Å². The van der Waals surface area contributed by atoms with Crippen molar-refractivity contribution in [2.75, 3.05) is 0 Å². The van der Waals surface area contributed by atoms with Gasteiger partial charge in [-0.25, -0.2) is 4.98 Å². The molecule has 0 spiro atoms. The van der Waals surface area contributed by atoms with Crippen molar-refractivity contribution in [3.63, 3.8) is 0 Å². The fourth-order valence-electron chi connectivity index (χ4n) is 1.95. The van der Waals surface area contributed by atoms with Gasteiger partial charge in [0.05, 0.1) is 23.1 Å². The second kappa shape index (κ2) is 3.59. The summed E-state index contributed by atoms with van der Waals surface area (Å²) in [6, 6.07) is 5.77. The highest BCUT2D eigenvalue weighted by Gasteiger charge is 2.52.